The van der Waals surface area contributed by atoms with Crippen molar-refractivity contribution in [1.29, 1.82) is 5.41 Å². The minimum absolute atomic E-state index is 0. The van der Waals surface area contributed by atoms with Gasteiger partial charge >= 0.3 is 0 Å². The van der Waals surface area contributed by atoms with Gasteiger partial charge in [-0.2, -0.15) is 0 Å². The molecule has 1 aromatic carbocycles. The van der Waals surface area contributed by atoms with Crippen molar-refractivity contribution >= 4 is 50.2 Å². The molecule has 4 rings (SSSR count). The van der Waals surface area contributed by atoms with Crippen molar-refractivity contribution in [2.24, 2.45) is 5.73 Å². The number of anilines is 1. The van der Waals surface area contributed by atoms with Crippen LogP contribution < -0.4 is 15.2 Å². The molecule has 1 amide bonds. The molecule has 0 unspecified atom stereocenters. The number of Topliss-reactive ketones (excluding diaryl/α,β-unsaturated/α-hetero) is 1. The van der Waals surface area contributed by atoms with Gasteiger partial charge in [0.25, 0.3) is 0 Å². The number of sulfonamides is 1. The summed E-state index contributed by atoms with van der Waals surface area (Å²) in [6.07, 6.45) is 3.77. The number of rotatable bonds is 11. The third kappa shape index (κ3) is 7.57. The minimum atomic E-state index is -3.69. The molecular weight excluding hydrogens is 586 g/mol. The number of halogens is 1. The largest absolute Gasteiger partial charge is 0.491 e. The molecule has 1 aliphatic carbocycles. The molecule has 1 aromatic heterocycles. The standard InChI is InChI=1S/C27H35N5O5S.BrH/c1-27(2,3)19-12-18(13-21(31-38(4,35)36)25(19)37-11-5-6-23(28)34)22(33)15-32-14-17-9-10-20(16-7-8-16)30-24(17)26(32)29;/h9-10,12-13,16,29,31H,5-8,11,14-15H2,1-4H3,(H2,28,34);1H. The van der Waals surface area contributed by atoms with E-state index in [4.69, 9.17) is 15.9 Å². The first kappa shape index (κ1) is 30.6. The van der Waals surface area contributed by atoms with Crippen LogP contribution in [0.1, 0.15) is 85.2 Å². The fraction of sp³-hybridized carbons (Fsp3) is 0.481. The number of nitrogens with one attached hydrogen (secondary N) is 2. The van der Waals surface area contributed by atoms with E-state index in [9.17, 15) is 18.0 Å². The zero-order valence-corrected chi connectivity index (χ0v) is 25.2. The van der Waals surface area contributed by atoms with E-state index in [0.29, 0.717) is 41.5 Å². The van der Waals surface area contributed by atoms with Crippen molar-refractivity contribution in [3.8, 4) is 5.75 Å². The maximum absolute atomic E-state index is 13.5. The average molecular weight is 623 g/mol. The lowest BCUT2D eigenvalue weighted by molar-refractivity contribution is -0.118. The number of carbonyl (C=O) groups is 2. The van der Waals surface area contributed by atoms with E-state index < -0.39 is 21.3 Å². The lowest BCUT2D eigenvalue weighted by atomic mass is 9.84. The third-order valence-corrected chi connectivity index (χ3v) is 7.15. The maximum Gasteiger partial charge on any atom is 0.229 e. The lowest BCUT2D eigenvalue weighted by Crippen LogP contribution is -2.31. The lowest BCUT2D eigenvalue weighted by Gasteiger charge is -2.26. The average Bonchev–Trinajstić information content (AvgIpc) is 3.60. The summed E-state index contributed by atoms with van der Waals surface area (Å²) < 4.78 is 32.8. The number of ether oxygens (including phenoxy) is 1. The molecule has 0 radical (unpaired) electrons. The van der Waals surface area contributed by atoms with Gasteiger partial charge in [-0.3, -0.25) is 19.7 Å². The van der Waals surface area contributed by atoms with Crippen LogP contribution in [0.15, 0.2) is 24.3 Å². The number of ketones is 1. The second kappa shape index (κ2) is 11.6. The topological polar surface area (TPSA) is 156 Å². The molecule has 10 nitrogen and oxygen atoms in total. The summed E-state index contributed by atoms with van der Waals surface area (Å²) in [6, 6.07) is 7.19. The highest BCUT2D eigenvalue weighted by molar-refractivity contribution is 8.93. The summed E-state index contributed by atoms with van der Waals surface area (Å²) in [4.78, 5) is 31.0. The Balaban J connectivity index is 0.00000420. The van der Waals surface area contributed by atoms with Crippen molar-refractivity contribution < 1.29 is 22.7 Å². The van der Waals surface area contributed by atoms with E-state index in [1.165, 1.54) is 6.07 Å². The van der Waals surface area contributed by atoms with Crippen LogP contribution in [0.4, 0.5) is 5.69 Å². The van der Waals surface area contributed by atoms with Crippen LogP contribution in [-0.4, -0.2) is 55.2 Å². The molecular formula is C27H36BrN5O5S. The molecule has 2 heterocycles. The first-order valence-electron chi connectivity index (χ1n) is 12.7. The Morgan fingerprint density at radius 3 is 2.51 bits per heavy atom. The Kier molecular flexibility index (Phi) is 9.11. The Morgan fingerprint density at radius 1 is 1.23 bits per heavy atom. The highest BCUT2D eigenvalue weighted by Crippen LogP contribution is 2.41. The number of fused-ring (bicyclic) bond motifs is 1. The van der Waals surface area contributed by atoms with Gasteiger partial charge in [0.15, 0.2) is 5.78 Å². The molecule has 2 aromatic rings. The first-order valence-corrected chi connectivity index (χ1v) is 14.6. The van der Waals surface area contributed by atoms with Crippen molar-refractivity contribution in [2.75, 3.05) is 24.1 Å². The first-order chi connectivity index (χ1) is 17.7. The number of amidine groups is 1. The molecule has 4 N–H and O–H groups in total. The van der Waals surface area contributed by atoms with Gasteiger partial charge < -0.3 is 15.4 Å². The van der Waals surface area contributed by atoms with E-state index in [1.807, 2.05) is 32.9 Å². The number of hydrogen-bond donors (Lipinski definition) is 3. The quantitative estimate of drug-likeness (QED) is 0.254. The van der Waals surface area contributed by atoms with Crippen LogP contribution in [0.25, 0.3) is 0 Å². The van der Waals surface area contributed by atoms with Gasteiger partial charge in [-0.25, -0.2) is 13.4 Å². The summed E-state index contributed by atoms with van der Waals surface area (Å²) >= 11 is 0. The molecule has 0 bridgehead atoms. The van der Waals surface area contributed by atoms with E-state index in [2.05, 4.69) is 9.71 Å². The van der Waals surface area contributed by atoms with Crippen LogP contribution >= 0.6 is 17.0 Å². The molecule has 212 valence electrons. The van der Waals surface area contributed by atoms with E-state index in [-0.39, 0.29) is 53.9 Å². The Hall–Kier alpha value is -2.99. The van der Waals surface area contributed by atoms with Gasteiger partial charge in [0.05, 0.1) is 25.1 Å². The number of benzene rings is 1. The van der Waals surface area contributed by atoms with Gasteiger partial charge in [0.2, 0.25) is 15.9 Å². The predicted octanol–water partition coefficient (Wildman–Crippen LogP) is 3.87. The van der Waals surface area contributed by atoms with Gasteiger partial charge in [-0.1, -0.05) is 26.8 Å². The second-order valence-corrected chi connectivity index (χ2v) is 12.8. The van der Waals surface area contributed by atoms with Gasteiger partial charge in [-0.05, 0) is 42.9 Å². The highest BCUT2D eigenvalue weighted by Gasteiger charge is 2.32. The second-order valence-electron chi connectivity index (χ2n) is 11.1. The van der Waals surface area contributed by atoms with E-state index in [1.54, 1.807) is 11.0 Å². The van der Waals surface area contributed by atoms with Crippen LogP contribution in [0.2, 0.25) is 0 Å². The highest BCUT2D eigenvalue weighted by atomic mass is 79.9. The molecule has 1 aliphatic heterocycles. The molecule has 12 heteroatoms. The Bertz CT molecular complexity index is 1400. The van der Waals surface area contributed by atoms with Crippen LogP contribution in [-0.2, 0) is 26.8 Å². The SMILES string of the molecule is Br.CC(C)(C)c1cc(C(=O)CN2Cc3ccc(C4CC4)nc3C2=N)cc(NS(C)(=O)=O)c1OCCCC(N)=O. The monoisotopic (exact) mass is 621 g/mol. The summed E-state index contributed by atoms with van der Waals surface area (Å²) in [5.74, 6) is 0.288. The number of carbonyl (C=O) groups excluding carboxylic acids is 2. The summed E-state index contributed by atoms with van der Waals surface area (Å²) in [5, 5.41) is 8.63. The number of nitrogens with zero attached hydrogens (tertiary/aromatic N) is 2. The Morgan fingerprint density at radius 2 is 1.92 bits per heavy atom. The van der Waals surface area contributed by atoms with Gasteiger partial charge in [-0.15, -0.1) is 17.0 Å². The van der Waals surface area contributed by atoms with Crippen molar-refractivity contribution in [3.63, 3.8) is 0 Å². The van der Waals surface area contributed by atoms with Crippen LogP contribution in [0, 0.1) is 5.41 Å². The van der Waals surface area contributed by atoms with Gasteiger partial charge in [0, 0.05) is 41.3 Å². The van der Waals surface area contributed by atoms with E-state index in [0.717, 1.165) is 30.4 Å². The van der Waals surface area contributed by atoms with Crippen LogP contribution in [0.5, 0.6) is 5.75 Å². The number of hydrogen-bond acceptors (Lipinski definition) is 7. The summed E-state index contributed by atoms with van der Waals surface area (Å²) in [5.41, 5.74) is 8.36. The number of nitrogens with two attached hydrogens (primary N) is 1. The molecule has 0 saturated heterocycles. The molecule has 0 atom stereocenters. The predicted molar refractivity (Wildman–Crippen MR) is 156 cm³/mol. The number of amides is 1. The number of primary amides is 1. The van der Waals surface area contributed by atoms with Crippen molar-refractivity contribution in [3.05, 3.63) is 52.3 Å². The van der Waals surface area contributed by atoms with Crippen molar-refractivity contribution in [2.45, 2.75) is 64.3 Å². The van der Waals surface area contributed by atoms with Crippen molar-refractivity contribution in [1.82, 2.24) is 9.88 Å². The summed E-state index contributed by atoms with van der Waals surface area (Å²) in [6.45, 7) is 6.33. The fourth-order valence-electron chi connectivity index (χ4n) is 4.47. The molecule has 1 saturated carbocycles. The molecule has 0 spiro atoms. The summed E-state index contributed by atoms with van der Waals surface area (Å²) in [7, 11) is -3.69. The smallest absolute Gasteiger partial charge is 0.229 e. The zero-order chi connectivity index (χ0) is 27.8. The van der Waals surface area contributed by atoms with Crippen LogP contribution in [0.3, 0.4) is 0 Å². The van der Waals surface area contributed by atoms with E-state index >= 15 is 0 Å². The number of aromatic nitrogens is 1. The Labute approximate surface area is 240 Å². The fourth-order valence-corrected chi connectivity index (χ4v) is 5.03. The number of pyridine rings is 1. The zero-order valence-electron chi connectivity index (χ0n) is 22.7. The maximum atomic E-state index is 13.5. The third-order valence-electron chi connectivity index (χ3n) is 6.56. The van der Waals surface area contributed by atoms with Gasteiger partial charge in [0.1, 0.15) is 17.3 Å². The molecule has 39 heavy (non-hydrogen) atoms. The minimum Gasteiger partial charge on any atom is -0.491 e. The molecule has 1 fully saturated rings. The normalized spacial score (nSPS) is 15.0. The molecule has 2 aliphatic rings.